The summed E-state index contributed by atoms with van der Waals surface area (Å²) in [4.78, 5) is 12.6. The Morgan fingerprint density at radius 3 is 2.24 bits per heavy atom. The molecule has 3 fully saturated rings. The van der Waals surface area contributed by atoms with E-state index in [4.69, 9.17) is 0 Å². The van der Waals surface area contributed by atoms with Gasteiger partial charge in [0, 0.05) is 17.5 Å². The minimum Gasteiger partial charge on any atom is -0.353 e. The summed E-state index contributed by atoms with van der Waals surface area (Å²) in [6.45, 7) is 9.96. The van der Waals surface area contributed by atoms with Gasteiger partial charge in [0.05, 0.1) is 0 Å². The van der Waals surface area contributed by atoms with E-state index < -0.39 is 0 Å². The molecule has 2 N–H and O–H groups in total. The first kappa shape index (κ1) is 15.3. The van der Waals surface area contributed by atoms with E-state index in [0.29, 0.717) is 17.5 Å². The van der Waals surface area contributed by atoms with E-state index in [-0.39, 0.29) is 16.7 Å². The lowest BCUT2D eigenvalue weighted by Gasteiger charge is -2.44. The molecule has 0 aromatic carbocycles. The molecule has 3 nitrogen and oxygen atoms in total. The monoisotopic (exact) mass is 292 g/mol. The molecular weight excluding hydrogens is 260 g/mol. The molecule has 0 aromatic heterocycles. The smallest absolute Gasteiger partial charge is 0.224 e. The highest BCUT2D eigenvalue weighted by atomic mass is 16.2. The molecule has 3 heteroatoms. The van der Waals surface area contributed by atoms with E-state index in [1.54, 1.807) is 0 Å². The van der Waals surface area contributed by atoms with Gasteiger partial charge in [0.1, 0.15) is 0 Å². The number of hydrogen-bond donors (Lipinski definition) is 2. The molecule has 3 rings (SSSR count). The molecule has 1 atom stereocenters. The van der Waals surface area contributed by atoms with Gasteiger partial charge in [-0.25, -0.2) is 0 Å². The molecule has 21 heavy (non-hydrogen) atoms. The Morgan fingerprint density at radius 1 is 1.05 bits per heavy atom. The average Bonchev–Trinajstić information content (AvgIpc) is 2.80. The number of carbonyl (C=O) groups is 1. The van der Waals surface area contributed by atoms with E-state index in [0.717, 1.165) is 19.4 Å². The summed E-state index contributed by atoms with van der Waals surface area (Å²) >= 11 is 0. The zero-order valence-electron chi connectivity index (χ0n) is 14.2. The van der Waals surface area contributed by atoms with E-state index >= 15 is 0 Å². The van der Waals surface area contributed by atoms with E-state index in [9.17, 15) is 4.79 Å². The van der Waals surface area contributed by atoms with Crippen molar-refractivity contribution in [2.24, 2.45) is 16.7 Å². The van der Waals surface area contributed by atoms with Crippen molar-refractivity contribution >= 4 is 5.91 Å². The predicted octanol–water partition coefficient (Wildman–Crippen LogP) is 3.24. The molecule has 1 heterocycles. The molecule has 0 aromatic rings. The third-order valence-corrected chi connectivity index (χ3v) is 7.07. The van der Waals surface area contributed by atoms with Crippen molar-refractivity contribution in [1.29, 1.82) is 0 Å². The van der Waals surface area contributed by atoms with Crippen LogP contribution in [0.15, 0.2) is 0 Å². The second-order valence-corrected chi connectivity index (χ2v) is 8.84. The Bertz CT molecular complexity index is 401. The molecule has 1 unspecified atom stereocenters. The zero-order chi connectivity index (χ0) is 15.3. The lowest BCUT2D eigenvalue weighted by molar-refractivity contribution is -0.124. The quantitative estimate of drug-likeness (QED) is 0.820. The number of rotatable bonds is 2. The Kier molecular flexibility index (Phi) is 3.63. The molecular formula is C18H32N2O. The largest absolute Gasteiger partial charge is 0.353 e. The molecule has 0 bridgehead atoms. The van der Waals surface area contributed by atoms with Crippen LogP contribution in [0.4, 0.5) is 0 Å². The second-order valence-electron chi connectivity index (χ2n) is 8.84. The highest BCUT2D eigenvalue weighted by Crippen LogP contribution is 2.68. The van der Waals surface area contributed by atoms with Crippen LogP contribution in [0.1, 0.15) is 72.6 Å². The summed E-state index contributed by atoms with van der Waals surface area (Å²) in [5.41, 5.74) is 0.613. The van der Waals surface area contributed by atoms with Crippen molar-refractivity contribution in [3.63, 3.8) is 0 Å². The van der Waals surface area contributed by atoms with Crippen molar-refractivity contribution in [1.82, 2.24) is 10.6 Å². The molecule has 2 aliphatic carbocycles. The first-order valence-corrected chi connectivity index (χ1v) is 8.84. The van der Waals surface area contributed by atoms with Crippen molar-refractivity contribution in [2.45, 2.75) is 84.2 Å². The summed E-state index contributed by atoms with van der Waals surface area (Å²) in [5.74, 6) is 0.477. The molecule has 1 amide bonds. The number of piperidine rings is 1. The van der Waals surface area contributed by atoms with Crippen LogP contribution in [0.5, 0.6) is 0 Å². The first-order chi connectivity index (χ1) is 9.79. The van der Waals surface area contributed by atoms with Crippen LogP contribution in [0, 0.1) is 16.7 Å². The highest BCUT2D eigenvalue weighted by molar-refractivity contribution is 5.84. The minimum absolute atomic E-state index is 0.145. The van der Waals surface area contributed by atoms with E-state index in [1.807, 2.05) is 0 Å². The molecule has 1 spiro atoms. The third kappa shape index (κ3) is 2.52. The summed E-state index contributed by atoms with van der Waals surface area (Å²) in [7, 11) is 0. The maximum atomic E-state index is 12.6. The molecule has 3 aliphatic rings. The van der Waals surface area contributed by atoms with Crippen molar-refractivity contribution in [3.8, 4) is 0 Å². The topological polar surface area (TPSA) is 41.1 Å². The van der Waals surface area contributed by atoms with Gasteiger partial charge in [-0.15, -0.1) is 0 Å². The maximum absolute atomic E-state index is 12.6. The van der Waals surface area contributed by atoms with Crippen LogP contribution < -0.4 is 10.6 Å². The van der Waals surface area contributed by atoms with Crippen LogP contribution in [0.25, 0.3) is 0 Å². The minimum atomic E-state index is 0.145. The lowest BCUT2D eigenvalue weighted by atomic mass is 9.75. The van der Waals surface area contributed by atoms with Crippen molar-refractivity contribution < 1.29 is 4.79 Å². The molecule has 1 aliphatic heterocycles. The van der Waals surface area contributed by atoms with E-state index in [1.165, 1.54) is 32.1 Å². The second kappa shape index (κ2) is 4.97. The fraction of sp³-hybridized carbons (Fsp3) is 0.944. The Hall–Kier alpha value is -0.570. The number of carbonyl (C=O) groups excluding carboxylic acids is 1. The van der Waals surface area contributed by atoms with Crippen LogP contribution in [0.3, 0.4) is 0 Å². The Labute approximate surface area is 129 Å². The van der Waals surface area contributed by atoms with Crippen LogP contribution in [0.2, 0.25) is 0 Å². The number of amides is 1. The first-order valence-electron chi connectivity index (χ1n) is 8.84. The van der Waals surface area contributed by atoms with Crippen molar-refractivity contribution in [2.75, 3.05) is 6.54 Å². The molecule has 120 valence electrons. The molecule has 1 saturated heterocycles. The normalized spacial score (nSPS) is 33.6. The maximum Gasteiger partial charge on any atom is 0.224 e. The summed E-state index contributed by atoms with van der Waals surface area (Å²) in [6, 6.07) is 0.379. The Morgan fingerprint density at radius 2 is 1.67 bits per heavy atom. The standard InChI is InChI=1S/C18H32N2O/c1-16(2)14(17(16,3)4)15(21)20-13-8-11-19-18(12-13)9-6-5-7-10-18/h13-14,19H,5-12H2,1-4H3,(H,20,21). The summed E-state index contributed by atoms with van der Waals surface area (Å²) in [5, 5.41) is 7.15. The third-order valence-electron chi connectivity index (χ3n) is 7.07. The van der Waals surface area contributed by atoms with Crippen molar-refractivity contribution in [3.05, 3.63) is 0 Å². The van der Waals surface area contributed by atoms with Gasteiger partial charge in [0.25, 0.3) is 0 Å². The zero-order valence-corrected chi connectivity index (χ0v) is 14.2. The summed E-state index contributed by atoms with van der Waals surface area (Å²) < 4.78 is 0. The van der Waals surface area contributed by atoms with Gasteiger partial charge >= 0.3 is 0 Å². The fourth-order valence-electron chi connectivity index (χ4n) is 5.03. The van der Waals surface area contributed by atoms with E-state index in [2.05, 4.69) is 38.3 Å². The molecule has 0 radical (unpaired) electrons. The van der Waals surface area contributed by atoms with Gasteiger partial charge < -0.3 is 10.6 Å². The average molecular weight is 292 g/mol. The van der Waals surface area contributed by atoms with Gasteiger partial charge in [0.15, 0.2) is 0 Å². The van der Waals surface area contributed by atoms with Gasteiger partial charge in [-0.2, -0.15) is 0 Å². The Balaban J connectivity index is 1.59. The lowest BCUT2D eigenvalue weighted by Crippen LogP contribution is -2.57. The predicted molar refractivity (Wildman–Crippen MR) is 86.0 cm³/mol. The molecule has 2 saturated carbocycles. The van der Waals surface area contributed by atoms with Crippen LogP contribution in [-0.4, -0.2) is 24.0 Å². The summed E-state index contributed by atoms with van der Waals surface area (Å²) in [6.07, 6.45) is 8.87. The van der Waals surface area contributed by atoms with Gasteiger partial charge in [-0.3, -0.25) is 4.79 Å². The van der Waals surface area contributed by atoms with Gasteiger partial charge in [-0.05, 0) is 43.1 Å². The van der Waals surface area contributed by atoms with Crippen LogP contribution >= 0.6 is 0 Å². The number of hydrogen-bond acceptors (Lipinski definition) is 2. The van der Waals surface area contributed by atoms with Gasteiger partial charge in [0.2, 0.25) is 5.91 Å². The number of nitrogens with one attached hydrogen (secondary N) is 2. The highest BCUT2D eigenvalue weighted by Gasteiger charge is 2.68. The van der Waals surface area contributed by atoms with Gasteiger partial charge in [-0.1, -0.05) is 47.0 Å². The SMILES string of the molecule is CC1(C)C(C(=O)NC2CCNC3(CCCCC3)C2)C1(C)C. The van der Waals surface area contributed by atoms with Crippen LogP contribution in [-0.2, 0) is 4.79 Å². The fourth-order valence-corrected chi connectivity index (χ4v) is 5.03.